The minimum Gasteiger partial charge on any atom is -0.487 e. The van der Waals surface area contributed by atoms with Crippen LogP contribution in [-0.2, 0) is 15.7 Å². The zero-order valence-electron chi connectivity index (χ0n) is 16.5. The van der Waals surface area contributed by atoms with Gasteiger partial charge in [-0.15, -0.1) is 0 Å². The van der Waals surface area contributed by atoms with Gasteiger partial charge < -0.3 is 19.9 Å². The smallest absolute Gasteiger partial charge is 0.416 e. The summed E-state index contributed by atoms with van der Waals surface area (Å²) in [5, 5.41) is 11.9. The Bertz CT molecular complexity index is 986. The Hall–Kier alpha value is -2.65. The van der Waals surface area contributed by atoms with Crippen molar-refractivity contribution >= 4 is 5.91 Å². The topological polar surface area (TPSA) is 67.8 Å². The molecule has 0 radical (unpaired) electrons. The third kappa shape index (κ3) is 4.52. The number of nitrogens with one attached hydrogen (secondary N) is 1. The molecule has 2 aliphatic rings. The SMILES string of the molecule is O=C(CO)NC1CC2(CCOCC2)Oc2ccc(-c3cc(F)cc(C(F)(F)F)c3)cc21. The highest BCUT2D eigenvalue weighted by Gasteiger charge is 2.43. The van der Waals surface area contributed by atoms with Crippen molar-refractivity contribution in [2.45, 2.75) is 37.1 Å². The lowest BCUT2D eigenvalue weighted by molar-refractivity contribution is -0.137. The summed E-state index contributed by atoms with van der Waals surface area (Å²) in [5.41, 5.74) is -0.633. The van der Waals surface area contributed by atoms with Crippen LogP contribution < -0.4 is 10.1 Å². The molecule has 2 heterocycles. The summed E-state index contributed by atoms with van der Waals surface area (Å²) in [7, 11) is 0. The summed E-state index contributed by atoms with van der Waals surface area (Å²) in [6.07, 6.45) is -3.01. The number of hydrogen-bond acceptors (Lipinski definition) is 4. The Balaban J connectivity index is 1.75. The number of fused-ring (bicyclic) bond motifs is 1. The van der Waals surface area contributed by atoms with E-state index in [0.29, 0.717) is 55.4 Å². The molecule has 1 atom stereocenters. The first-order chi connectivity index (χ1) is 14.7. The monoisotopic (exact) mass is 439 g/mol. The van der Waals surface area contributed by atoms with Crippen molar-refractivity contribution in [3.63, 3.8) is 0 Å². The second-order valence-corrected chi connectivity index (χ2v) is 7.86. The molecule has 2 aromatic carbocycles. The summed E-state index contributed by atoms with van der Waals surface area (Å²) in [6, 6.07) is 6.63. The molecule has 166 valence electrons. The molecule has 2 N–H and O–H groups in total. The van der Waals surface area contributed by atoms with Crippen molar-refractivity contribution in [2.75, 3.05) is 19.8 Å². The summed E-state index contributed by atoms with van der Waals surface area (Å²) in [6.45, 7) is 0.330. The van der Waals surface area contributed by atoms with Gasteiger partial charge in [0.05, 0.1) is 24.8 Å². The van der Waals surface area contributed by atoms with E-state index >= 15 is 0 Å². The Kier molecular flexibility index (Phi) is 5.65. The van der Waals surface area contributed by atoms with Gasteiger partial charge in [-0.1, -0.05) is 6.07 Å². The van der Waals surface area contributed by atoms with Gasteiger partial charge in [-0.2, -0.15) is 13.2 Å². The molecule has 1 saturated heterocycles. The number of amides is 1. The number of carbonyl (C=O) groups excluding carboxylic acids is 1. The van der Waals surface area contributed by atoms with Crippen molar-refractivity contribution in [2.24, 2.45) is 0 Å². The van der Waals surface area contributed by atoms with Crippen LogP contribution in [0.25, 0.3) is 11.1 Å². The Labute approximate surface area is 176 Å². The average molecular weight is 439 g/mol. The average Bonchev–Trinajstić information content (AvgIpc) is 2.73. The van der Waals surface area contributed by atoms with Gasteiger partial charge in [-0.25, -0.2) is 4.39 Å². The number of hydrogen-bond donors (Lipinski definition) is 2. The van der Waals surface area contributed by atoms with Crippen LogP contribution in [0.2, 0.25) is 0 Å². The van der Waals surface area contributed by atoms with Crippen LogP contribution in [0.4, 0.5) is 17.6 Å². The van der Waals surface area contributed by atoms with E-state index in [1.54, 1.807) is 18.2 Å². The predicted octanol–water partition coefficient (Wildman–Crippen LogP) is 3.99. The lowest BCUT2D eigenvalue weighted by Crippen LogP contribution is -2.48. The van der Waals surface area contributed by atoms with E-state index in [1.807, 2.05) is 0 Å². The number of benzene rings is 2. The van der Waals surface area contributed by atoms with Gasteiger partial charge in [0.15, 0.2) is 0 Å². The predicted molar refractivity (Wildman–Crippen MR) is 103 cm³/mol. The van der Waals surface area contributed by atoms with Crippen LogP contribution in [0.1, 0.15) is 36.4 Å². The normalized spacial score (nSPS) is 20.1. The second-order valence-electron chi connectivity index (χ2n) is 7.86. The highest BCUT2D eigenvalue weighted by molar-refractivity contribution is 5.78. The molecule has 2 aromatic rings. The van der Waals surface area contributed by atoms with Gasteiger partial charge in [0.1, 0.15) is 23.8 Å². The molecule has 9 heteroatoms. The number of carbonyl (C=O) groups is 1. The number of halogens is 4. The van der Waals surface area contributed by atoms with E-state index in [-0.39, 0.29) is 5.56 Å². The molecule has 0 aromatic heterocycles. The van der Waals surface area contributed by atoms with E-state index in [2.05, 4.69) is 5.32 Å². The molecule has 0 saturated carbocycles. The maximum absolute atomic E-state index is 13.9. The number of aliphatic hydroxyl groups excluding tert-OH is 1. The standard InChI is InChI=1S/C22H21F4NO4/c23-16-8-14(7-15(10-16)22(24,25)26)13-1-2-19-17(9-13)18(27-20(29)12-28)11-21(31-19)3-5-30-6-4-21/h1-2,7-10,18,28H,3-6,11-12H2,(H,27,29). The van der Waals surface area contributed by atoms with Crippen molar-refractivity contribution in [3.05, 3.63) is 53.3 Å². The van der Waals surface area contributed by atoms with Crippen LogP contribution in [-0.4, -0.2) is 36.4 Å². The molecule has 2 aliphatic heterocycles. The van der Waals surface area contributed by atoms with Crippen molar-refractivity contribution in [1.82, 2.24) is 5.32 Å². The first-order valence-electron chi connectivity index (χ1n) is 9.88. The van der Waals surface area contributed by atoms with Gasteiger partial charge in [0.25, 0.3) is 0 Å². The molecule has 5 nitrogen and oxygen atoms in total. The zero-order valence-corrected chi connectivity index (χ0v) is 16.5. The van der Waals surface area contributed by atoms with Crippen LogP contribution in [0, 0.1) is 5.82 Å². The molecular formula is C22H21F4NO4. The summed E-state index contributed by atoms with van der Waals surface area (Å²) in [5.74, 6) is -1.08. The summed E-state index contributed by atoms with van der Waals surface area (Å²) in [4.78, 5) is 11.9. The van der Waals surface area contributed by atoms with E-state index in [1.165, 1.54) is 0 Å². The molecule has 31 heavy (non-hydrogen) atoms. The molecule has 1 spiro atoms. The molecule has 1 unspecified atom stereocenters. The lowest BCUT2D eigenvalue weighted by Gasteiger charge is -2.44. The maximum Gasteiger partial charge on any atom is 0.416 e. The van der Waals surface area contributed by atoms with E-state index < -0.39 is 41.7 Å². The first-order valence-corrected chi connectivity index (χ1v) is 9.88. The van der Waals surface area contributed by atoms with Gasteiger partial charge in [0.2, 0.25) is 5.91 Å². The van der Waals surface area contributed by atoms with Crippen LogP contribution in [0.15, 0.2) is 36.4 Å². The fourth-order valence-electron chi connectivity index (χ4n) is 4.19. The van der Waals surface area contributed by atoms with Gasteiger partial charge in [-0.05, 0) is 41.5 Å². The highest BCUT2D eigenvalue weighted by Crippen LogP contribution is 2.45. The minimum absolute atomic E-state index is 0.0636. The van der Waals surface area contributed by atoms with E-state index in [9.17, 15) is 27.5 Å². The number of rotatable bonds is 3. The lowest BCUT2D eigenvalue weighted by atomic mass is 9.81. The maximum atomic E-state index is 13.9. The number of ether oxygens (including phenoxy) is 2. The van der Waals surface area contributed by atoms with Crippen LogP contribution >= 0.6 is 0 Å². The summed E-state index contributed by atoms with van der Waals surface area (Å²) < 4.78 is 64.9. The largest absolute Gasteiger partial charge is 0.487 e. The van der Waals surface area contributed by atoms with Crippen LogP contribution in [0.3, 0.4) is 0 Å². The Morgan fingerprint density at radius 1 is 1.13 bits per heavy atom. The van der Waals surface area contributed by atoms with Gasteiger partial charge >= 0.3 is 6.18 Å². The van der Waals surface area contributed by atoms with Gasteiger partial charge in [-0.3, -0.25) is 4.79 Å². The van der Waals surface area contributed by atoms with Crippen molar-refractivity contribution < 1.29 is 36.9 Å². The van der Waals surface area contributed by atoms with Crippen LogP contribution in [0.5, 0.6) is 5.75 Å². The third-order valence-corrected chi connectivity index (χ3v) is 5.73. The quantitative estimate of drug-likeness (QED) is 0.710. The molecule has 4 rings (SSSR count). The summed E-state index contributed by atoms with van der Waals surface area (Å²) >= 11 is 0. The molecule has 1 amide bonds. The highest BCUT2D eigenvalue weighted by atomic mass is 19.4. The third-order valence-electron chi connectivity index (χ3n) is 5.73. The Morgan fingerprint density at radius 2 is 1.87 bits per heavy atom. The van der Waals surface area contributed by atoms with E-state index in [0.717, 1.165) is 12.1 Å². The molecule has 1 fully saturated rings. The Morgan fingerprint density at radius 3 is 2.55 bits per heavy atom. The molecular weight excluding hydrogens is 418 g/mol. The first kappa shape index (κ1) is 21.6. The number of alkyl halides is 3. The fraction of sp³-hybridized carbons (Fsp3) is 0.409. The fourth-order valence-corrected chi connectivity index (χ4v) is 4.19. The minimum atomic E-state index is -4.68. The molecule has 0 aliphatic carbocycles. The van der Waals surface area contributed by atoms with Crippen molar-refractivity contribution in [1.29, 1.82) is 0 Å². The van der Waals surface area contributed by atoms with Crippen molar-refractivity contribution in [3.8, 4) is 16.9 Å². The molecule has 0 bridgehead atoms. The number of aliphatic hydroxyl groups is 1. The van der Waals surface area contributed by atoms with Gasteiger partial charge in [0, 0.05) is 24.8 Å². The zero-order chi connectivity index (χ0) is 22.2. The van der Waals surface area contributed by atoms with E-state index in [4.69, 9.17) is 9.47 Å². The second kappa shape index (κ2) is 8.12.